The van der Waals surface area contributed by atoms with Gasteiger partial charge in [0.05, 0.1) is 10.9 Å². The fraction of sp³-hybridized carbons (Fsp3) is 0.0968. The number of aromatic nitrogens is 3. The highest BCUT2D eigenvalue weighted by Gasteiger charge is 2.23. The lowest BCUT2D eigenvalue weighted by molar-refractivity contribution is 0.809. The lowest BCUT2D eigenvalue weighted by atomic mass is 10.0. The molecule has 0 fully saturated rings. The number of nitrogens with one attached hydrogen (secondary N) is 1. The standard InChI is InChI=1S/C31H25N3OS/c1-20-12-11-19-26(21(20)2)34-30(35)28-27(24-17-9-10-18-25(24)32-28)33-31(34)36-29(22-13-5-3-6-14-22)23-15-7-4-8-16-23/h3-19,29,32H,1-2H3. The average Bonchev–Trinajstić information content (AvgIpc) is 3.29. The van der Waals surface area contributed by atoms with E-state index in [1.54, 1.807) is 16.3 Å². The van der Waals surface area contributed by atoms with Crippen molar-refractivity contribution < 1.29 is 0 Å². The van der Waals surface area contributed by atoms with Gasteiger partial charge >= 0.3 is 0 Å². The lowest BCUT2D eigenvalue weighted by Gasteiger charge is -2.21. The van der Waals surface area contributed by atoms with Crippen LogP contribution in [0.15, 0.2) is 113 Å². The quantitative estimate of drug-likeness (QED) is 0.204. The first-order chi connectivity index (χ1) is 17.6. The summed E-state index contributed by atoms with van der Waals surface area (Å²) in [4.78, 5) is 22.6. The van der Waals surface area contributed by atoms with Gasteiger partial charge in [0.25, 0.3) is 5.56 Å². The van der Waals surface area contributed by atoms with Crippen LogP contribution < -0.4 is 5.56 Å². The Hall–Kier alpha value is -4.09. The van der Waals surface area contributed by atoms with Gasteiger partial charge in [-0.25, -0.2) is 4.98 Å². The molecule has 6 rings (SSSR count). The summed E-state index contributed by atoms with van der Waals surface area (Å²) in [7, 11) is 0. The summed E-state index contributed by atoms with van der Waals surface area (Å²) in [5.41, 5.74) is 7.43. The van der Waals surface area contributed by atoms with E-state index < -0.39 is 0 Å². The second kappa shape index (κ2) is 9.17. The van der Waals surface area contributed by atoms with Crippen molar-refractivity contribution >= 4 is 33.7 Å². The number of aryl methyl sites for hydroxylation is 1. The summed E-state index contributed by atoms with van der Waals surface area (Å²) in [6.07, 6.45) is 0. The maximum atomic E-state index is 14.1. The maximum absolute atomic E-state index is 14.1. The Bertz CT molecular complexity index is 1710. The molecule has 0 aliphatic carbocycles. The molecular weight excluding hydrogens is 462 g/mol. The van der Waals surface area contributed by atoms with Crippen molar-refractivity contribution in [3.05, 3.63) is 136 Å². The third-order valence-electron chi connectivity index (χ3n) is 6.74. The Morgan fingerprint density at radius 1 is 0.778 bits per heavy atom. The number of aromatic amines is 1. The molecule has 0 aliphatic rings. The number of benzene rings is 4. The molecule has 0 aliphatic heterocycles. The summed E-state index contributed by atoms with van der Waals surface area (Å²) in [6.45, 7) is 4.13. The topological polar surface area (TPSA) is 50.7 Å². The molecule has 0 amide bonds. The summed E-state index contributed by atoms with van der Waals surface area (Å²) < 4.78 is 1.78. The van der Waals surface area contributed by atoms with E-state index in [4.69, 9.17) is 4.98 Å². The predicted octanol–water partition coefficient (Wildman–Crippen LogP) is 7.37. The van der Waals surface area contributed by atoms with E-state index in [0.29, 0.717) is 16.2 Å². The van der Waals surface area contributed by atoms with Crippen LogP contribution in [0, 0.1) is 13.8 Å². The Balaban J connectivity index is 1.65. The van der Waals surface area contributed by atoms with Gasteiger partial charge in [0.15, 0.2) is 5.16 Å². The molecule has 0 bridgehead atoms. The predicted molar refractivity (Wildman–Crippen MR) is 149 cm³/mol. The minimum absolute atomic E-state index is 0.0293. The smallest absolute Gasteiger partial charge is 0.283 e. The lowest BCUT2D eigenvalue weighted by Crippen LogP contribution is -2.23. The van der Waals surface area contributed by atoms with Crippen LogP contribution in [0.5, 0.6) is 0 Å². The third-order valence-corrected chi connectivity index (χ3v) is 8.00. The average molecular weight is 488 g/mol. The van der Waals surface area contributed by atoms with Crippen molar-refractivity contribution in [2.24, 2.45) is 0 Å². The molecule has 0 saturated heterocycles. The monoisotopic (exact) mass is 487 g/mol. The molecule has 2 heterocycles. The van der Waals surface area contributed by atoms with Gasteiger partial charge in [-0.1, -0.05) is 103 Å². The molecule has 0 atom stereocenters. The number of hydrogen-bond acceptors (Lipinski definition) is 3. The normalized spacial score (nSPS) is 11.5. The number of nitrogens with zero attached hydrogens (tertiary/aromatic N) is 2. The highest BCUT2D eigenvalue weighted by atomic mass is 32.2. The van der Waals surface area contributed by atoms with Crippen molar-refractivity contribution in [1.82, 2.24) is 14.5 Å². The van der Waals surface area contributed by atoms with Crippen LogP contribution in [0.4, 0.5) is 0 Å². The summed E-state index contributed by atoms with van der Waals surface area (Å²) in [5, 5.41) is 1.59. The SMILES string of the molecule is Cc1cccc(-n2c(SC(c3ccccc3)c3ccccc3)nc3c([nH]c4ccccc43)c2=O)c1C. The van der Waals surface area contributed by atoms with Crippen molar-refractivity contribution in [1.29, 1.82) is 0 Å². The maximum Gasteiger partial charge on any atom is 0.283 e. The third kappa shape index (κ3) is 3.82. The highest BCUT2D eigenvalue weighted by Crippen LogP contribution is 2.41. The molecule has 2 aromatic heterocycles. The van der Waals surface area contributed by atoms with Gasteiger partial charge in [0.1, 0.15) is 11.0 Å². The van der Waals surface area contributed by atoms with Crippen molar-refractivity contribution in [3.63, 3.8) is 0 Å². The second-order valence-electron chi connectivity index (χ2n) is 8.97. The zero-order valence-electron chi connectivity index (χ0n) is 20.1. The molecule has 36 heavy (non-hydrogen) atoms. The van der Waals surface area contributed by atoms with Gasteiger partial charge in [0, 0.05) is 10.9 Å². The molecule has 6 aromatic rings. The molecule has 0 unspecified atom stereocenters. The number of H-pyrrole nitrogens is 1. The zero-order valence-corrected chi connectivity index (χ0v) is 20.9. The van der Waals surface area contributed by atoms with Crippen molar-refractivity contribution in [3.8, 4) is 5.69 Å². The molecule has 0 radical (unpaired) electrons. The van der Waals surface area contributed by atoms with Gasteiger partial charge in [-0.2, -0.15) is 0 Å². The van der Waals surface area contributed by atoms with Crippen LogP contribution in [0.2, 0.25) is 0 Å². The number of rotatable bonds is 5. The van der Waals surface area contributed by atoms with E-state index in [0.717, 1.165) is 38.8 Å². The molecule has 4 aromatic carbocycles. The zero-order chi connectivity index (χ0) is 24.6. The first kappa shape index (κ1) is 22.4. The van der Waals surface area contributed by atoms with Crippen LogP contribution in [-0.2, 0) is 0 Å². The van der Waals surface area contributed by atoms with Gasteiger partial charge in [-0.05, 0) is 48.2 Å². The number of fused-ring (bicyclic) bond motifs is 3. The van der Waals surface area contributed by atoms with Crippen LogP contribution in [0.1, 0.15) is 27.5 Å². The summed E-state index contributed by atoms with van der Waals surface area (Å²) >= 11 is 1.61. The fourth-order valence-electron chi connectivity index (χ4n) is 4.70. The van der Waals surface area contributed by atoms with Crippen molar-refractivity contribution in [2.45, 2.75) is 24.3 Å². The number of hydrogen-bond donors (Lipinski definition) is 1. The highest BCUT2D eigenvalue weighted by molar-refractivity contribution is 7.99. The first-order valence-electron chi connectivity index (χ1n) is 12.0. The van der Waals surface area contributed by atoms with Crippen LogP contribution in [0.25, 0.3) is 27.6 Å². The summed E-state index contributed by atoms with van der Waals surface area (Å²) in [5.74, 6) is 0. The second-order valence-corrected chi connectivity index (χ2v) is 10.0. The number of thioether (sulfide) groups is 1. The van der Waals surface area contributed by atoms with E-state index in [1.165, 1.54) is 0 Å². The fourth-order valence-corrected chi connectivity index (χ4v) is 5.93. The molecule has 1 N–H and O–H groups in total. The van der Waals surface area contributed by atoms with Crippen LogP contribution >= 0.6 is 11.8 Å². The molecular formula is C31H25N3OS. The van der Waals surface area contributed by atoms with Gasteiger partial charge in [0.2, 0.25) is 0 Å². The Morgan fingerprint density at radius 3 is 2.11 bits per heavy atom. The van der Waals surface area contributed by atoms with E-state index >= 15 is 0 Å². The molecule has 0 saturated carbocycles. The van der Waals surface area contributed by atoms with Crippen LogP contribution in [0.3, 0.4) is 0 Å². The van der Waals surface area contributed by atoms with Gasteiger partial charge in [-0.15, -0.1) is 0 Å². The van der Waals surface area contributed by atoms with E-state index in [1.807, 2.05) is 48.5 Å². The minimum atomic E-state index is -0.0905. The van der Waals surface area contributed by atoms with Gasteiger partial charge < -0.3 is 4.98 Å². The molecule has 0 spiro atoms. The van der Waals surface area contributed by atoms with Crippen LogP contribution in [-0.4, -0.2) is 14.5 Å². The Labute approximate surface area is 213 Å². The van der Waals surface area contributed by atoms with Crippen molar-refractivity contribution in [2.75, 3.05) is 0 Å². The van der Waals surface area contributed by atoms with E-state index in [-0.39, 0.29) is 10.8 Å². The largest absolute Gasteiger partial charge is 0.349 e. The molecule has 4 nitrogen and oxygen atoms in total. The summed E-state index contributed by atoms with van der Waals surface area (Å²) in [6, 6.07) is 34.8. The van der Waals surface area contributed by atoms with E-state index in [2.05, 4.69) is 73.4 Å². The molecule has 5 heteroatoms. The minimum Gasteiger partial charge on any atom is -0.349 e. The first-order valence-corrected chi connectivity index (χ1v) is 12.9. The Kier molecular flexibility index (Phi) is 5.70. The Morgan fingerprint density at radius 2 is 1.42 bits per heavy atom. The number of para-hydroxylation sites is 1. The van der Waals surface area contributed by atoms with E-state index in [9.17, 15) is 4.79 Å². The molecule has 176 valence electrons. The van der Waals surface area contributed by atoms with Gasteiger partial charge in [-0.3, -0.25) is 9.36 Å².